The number of aromatic nitrogens is 2. The molecule has 2 amide bonds. The van der Waals surface area contributed by atoms with E-state index in [1.807, 2.05) is 85.5 Å². The molecule has 2 aliphatic rings. The molecule has 0 spiro atoms. The van der Waals surface area contributed by atoms with Gasteiger partial charge in [0.15, 0.2) is 5.13 Å². The van der Waals surface area contributed by atoms with E-state index < -0.39 is 11.5 Å². The number of aromatic amines is 1. The Hall–Kier alpha value is -4.69. The van der Waals surface area contributed by atoms with Gasteiger partial charge in [0.05, 0.1) is 45.2 Å². The van der Waals surface area contributed by atoms with Crippen molar-refractivity contribution in [3.8, 4) is 17.0 Å². The van der Waals surface area contributed by atoms with Gasteiger partial charge in [0.2, 0.25) is 5.91 Å². The Kier molecular flexibility index (Phi) is 6.29. The van der Waals surface area contributed by atoms with Gasteiger partial charge in [0.1, 0.15) is 5.75 Å². The van der Waals surface area contributed by atoms with Crippen molar-refractivity contribution in [2.24, 2.45) is 0 Å². The fourth-order valence-electron chi connectivity index (χ4n) is 6.69. The van der Waals surface area contributed by atoms with Crippen molar-refractivity contribution in [1.82, 2.24) is 9.97 Å². The summed E-state index contributed by atoms with van der Waals surface area (Å²) in [6.45, 7) is 10.5. The molecule has 4 heterocycles. The summed E-state index contributed by atoms with van der Waals surface area (Å²) in [5.74, 6) is -0.382. The summed E-state index contributed by atoms with van der Waals surface area (Å²) in [5.41, 5.74) is 7.53. The molecule has 216 valence electrons. The predicted molar refractivity (Wildman–Crippen MR) is 173 cm³/mol. The molecular formula is C35H32N4O3S. The third-order valence-corrected chi connectivity index (χ3v) is 9.27. The summed E-state index contributed by atoms with van der Waals surface area (Å²) >= 11 is 1.43. The molecule has 2 aromatic heterocycles. The second-order valence-electron chi connectivity index (χ2n) is 11.6. The van der Waals surface area contributed by atoms with E-state index in [9.17, 15) is 9.59 Å². The summed E-state index contributed by atoms with van der Waals surface area (Å²) in [4.78, 5) is 38.9. The molecule has 2 N–H and O–H groups in total. The van der Waals surface area contributed by atoms with Crippen molar-refractivity contribution in [3.05, 3.63) is 101 Å². The minimum absolute atomic E-state index is 0.0659. The maximum absolute atomic E-state index is 14.7. The van der Waals surface area contributed by atoms with E-state index in [0.717, 1.165) is 43.9 Å². The number of allylic oxidation sites excluding steroid dienone is 1. The Balaban J connectivity index is 1.45. The molecule has 7 rings (SSSR count). The number of benzene rings is 3. The number of hydrogen-bond donors (Lipinski definition) is 2. The third-order valence-electron chi connectivity index (χ3n) is 8.32. The van der Waals surface area contributed by atoms with Gasteiger partial charge in [-0.05, 0) is 75.6 Å². The van der Waals surface area contributed by atoms with Crippen molar-refractivity contribution < 1.29 is 14.3 Å². The van der Waals surface area contributed by atoms with Crippen molar-refractivity contribution in [1.29, 1.82) is 0 Å². The largest absolute Gasteiger partial charge is 0.494 e. The van der Waals surface area contributed by atoms with Crippen LogP contribution in [0.3, 0.4) is 0 Å². The highest BCUT2D eigenvalue weighted by Crippen LogP contribution is 2.54. The molecule has 1 atom stereocenters. The van der Waals surface area contributed by atoms with Gasteiger partial charge in [-0.15, -0.1) is 0 Å². The molecule has 5 aromatic rings. The molecule has 0 saturated heterocycles. The number of nitrogens with zero attached hydrogens (tertiary/aromatic N) is 2. The van der Waals surface area contributed by atoms with E-state index in [4.69, 9.17) is 4.74 Å². The first kappa shape index (κ1) is 27.2. The lowest BCUT2D eigenvalue weighted by Crippen LogP contribution is -2.47. The quantitative estimate of drug-likeness (QED) is 0.211. The molecule has 2 aliphatic heterocycles. The van der Waals surface area contributed by atoms with Gasteiger partial charge in [0.25, 0.3) is 5.91 Å². The van der Waals surface area contributed by atoms with Gasteiger partial charge in [-0.1, -0.05) is 59.9 Å². The molecule has 0 saturated carbocycles. The van der Waals surface area contributed by atoms with Gasteiger partial charge >= 0.3 is 0 Å². The van der Waals surface area contributed by atoms with Gasteiger partial charge in [-0.25, -0.2) is 4.98 Å². The number of carbonyl (C=O) groups is 2. The predicted octanol–water partition coefficient (Wildman–Crippen LogP) is 7.92. The smallest absolute Gasteiger partial charge is 0.259 e. The summed E-state index contributed by atoms with van der Waals surface area (Å²) in [5, 5.41) is 3.56. The maximum Gasteiger partial charge on any atom is 0.259 e. The van der Waals surface area contributed by atoms with E-state index in [0.29, 0.717) is 34.3 Å². The maximum atomic E-state index is 14.7. The van der Waals surface area contributed by atoms with Crippen molar-refractivity contribution in [2.45, 2.75) is 46.1 Å². The summed E-state index contributed by atoms with van der Waals surface area (Å²) < 4.78 is 7.00. The number of amides is 2. The Morgan fingerprint density at radius 2 is 1.84 bits per heavy atom. The number of ether oxygens (including phenoxy) is 1. The summed E-state index contributed by atoms with van der Waals surface area (Å²) in [6.07, 6.45) is 2.14. The number of carbonyl (C=O) groups excluding carboxylic acids is 2. The van der Waals surface area contributed by atoms with Gasteiger partial charge in [-0.3, -0.25) is 14.9 Å². The average Bonchev–Trinajstić information content (AvgIpc) is 3.62. The molecular weight excluding hydrogens is 556 g/mol. The van der Waals surface area contributed by atoms with Crippen molar-refractivity contribution in [2.75, 3.05) is 16.8 Å². The van der Waals surface area contributed by atoms with E-state index in [1.165, 1.54) is 11.3 Å². The fraction of sp³-hybridized carbons (Fsp3) is 0.229. The number of fused-ring (bicyclic) bond motifs is 1. The normalized spacial score (nSPS) is 16.8. The van der Waals surface area contributed by atoms with Gasteiger partial charge in [0, 0.05) is 16.8 Å². The highest BCUT2D eigenvalue weighted by atomic mass is 32.1. The number of rotatable bonds is 6. The number of para-hydroxylation sites is 1. The summed E-state index contributed by atoms with van der Waals surface area (Å²) in [7, 11) is 0. The Labute approximate surface area is 254 Å². The molecule has 0 bridgehead atoms. The first-order valence-electron chi connectivity index (χ1n) is 14.5. The van der Waals surface area contributed by atoms with Crippen LogP contribution in [0.4, 0.5) is 10.8 Å². The average molecular weight is 589 g/mol. The first-order valence-corrected chi connectivity index (χ1v) is 15.3. The van der Waals surface area contributed by atoms with Crippen LogP contribution >= 0.6 is 11.3 Å². The van der Waals surface area contributed by atoms with Crippen LogP contribution in [0.5, 0.6) is 5.75 Å². The minimum Gasteiger partial charge on any atom is -0.494 e. The van der Waals surface area contributed by atoms with Crippen molar-refractivity contribution >= 4 is 49.8 Å². The van der Waals surface area contributed by atoms with Crippen LogP contribution in [0.1, 0.15) is 66.4 Å². The molecule has 0 fully saturated rings. The number of nitrogens with one attached hydrogen (secondary N) is 2. The zero-order valence-corrected chi connectivity index (χ0v) is 25.6. The fourth-order valence-corrected chi connectivity index (χ4v) is 7.55. The zero-order valence-electron chi connectivity index (χ0n) is 24.7. The highest BCUT2D eigenvalue weighted by Gasteiger charge is 2.50. The summed E-state index contributed by atoms with van der Waals surface area (Å²) in [6, 6.07) is 21.7. The van der Waals surface area contributed by atoms with Gasteiger partial charge in [-0.2, -0.15) is 0 Å². The van der Waals surface area contributed by atoms with Crippen LogP contribution < -0.4 is 15.0 Å². The molecule has 0 radical (unpaired) electrons. The SMILES string of the molecule is CCOc1cc2c3c(c1)C(c1c(-c4ccccc4)[nH]c(C)c1C(=O)Nc1nc4ccccc4s1)C(=O)N3C(C)(C)C=C2C. The monoisotopic (exact) mass is 588 g/mol. The van der Waals surface area contributed by atoms with Crippen LogP contribution in [-0.2, 0) is 4.79 Å². The second-order valence-corrected chi connectivity index (χ2v) is 12.7. The minimum atomic E-state index is -0.719. The van der Waals surface area contributed by atoms with Crippen LogP contribution in [0, 0.1) is 6.92 Å². The number of hydrogen-bond acceptors (Lipinski definition) is 5. The third kappa shape index (κ3) is 4.28. The lowest BCUT2D eigenvalue weighted by Gasteiger charge is -2.39. The standard InChI is InChI=1S/C35H32N4O3S/c1-6-42-22-16-23-19(2)18-35(4,5)39-31(23)24(17-22)28(33(39)41)29-27(20(3)36-30(29)21-12-8-7-9-13-21)32(40)38-34-37-25-14-10-11-15-26(25)43-34/h7-18,28,36H,6H2,1-5H3,(H,37,38,40). The molecule has 1 unspecified atom stereocenters. The number of anilines is 2. The van der Waals surface area contributed by atoms with Crippen LogP contribution in [0.25, 0.3) is 27.0 Å². The molecule has 0 aliphatic carbocycles. The van der Waals surface area contributed by atoms with E-state index in [-0.39, 0.29) is 11.8 Å². The topological polar surface area (TPSA) is 87.3 Å². The number of thiazole rings is 1. The lowest BCUT2D eigenvalue weighted by atomic mass is 9.85. The van der Waals surface area contributed by atoms with E-state index in [1.54, 1.807) is 0 Å². The highest BCUT2D eigenvalue weighted by molar-refractivity contribution is 7.22. The number of H-pyrrole nitrogens is 1. The first-order chi connectivity index (χ1) is 20.7. The van der Waals surface area contributed by atoms with Crippen LogP contribution in [-0.4, -0.2) is 33.9 Å². The molecule has 3 aromatic carbocycles. The van der Waals surface area contributed by atoms with Gasteiger partial charge < -0.3 is 14.6 Å². The Morgan fingerprint density at radius 3 is 2.58 bits per heavy atom. The van der Waals surface area contributed by atoms with Crippen LogP contribution in [0.15, 0.2) is 72.8 Å². The Morgan fingerprint density at radius 1 is 1.09 bits per heavy atom. The lowest BCUT2D eigenvalue weighted by molar-refractivity contribution is -0.119. The van der Waals surface area contributed by atoms with Crippen LogP contribution in [0.2, 0.25) is 0 Å². The van der Waals surface area contributed by atoms with Crippen molar-refractivity contribution in [3.63, 3.8) is 0 Å². The zero-order chi connectivity index (χ0) is 30.0. The molecule has 8 heteroatoms. The Bertz CT molecular complexity index is 1930. The van der Waals surface area contributed by atoms with E-state index >= 15 is 0 Å². The second kappa shape index (κ2) is 9.95. The molecule has 7 nitrogen and oxygen atoms in total. The number of aryl methyl sites for hydroxylation is 1. The van der Waals surface area contributed by atoms with E-state index in [2.05, 4.69) is 42.1 Å². The molecule has 43 heavy (non-hydrogen) atoms.